The normalized spacial score (nSPS) is 12.6. The zero-order chi connectivity index (χ0) is 13.8. The third-order valence-electron chi connectivity index (χ3n) is 2.95. The summed E-state index contributed by atoms with van der Waals surface area (Å²) in [5.41, 5.74) is 1.83. The first-order valence-corrected chi connectivity index (χ1v) is 8.02. The Bertz CT molecular complexity index is 553. The van der Waals surface area contributed by atoms with Crippen LogP contribution in [0.5, 0.6) is 0 Å². The van der Waals surface area contributed by atoms with Gasteiger partial charge in [0.05, 0.1) is 6.04 Å². The zero-order valence-electron chi connectivity index (χ0n) is 11.0. The molecule has 1 unspecified atom stereocenters. The van der Waals surface area contributed by atoms with Gasteiger partial charge in [0.2, 0.25) is 0 Å². The van der Waals surface area contributed by atoms with Gasteiger partial charge in [-0.2, -0.15) is 0 Å². The molecule has 19 heavy (non-hydrogen) atoms. The number of nitrogens with one attached hydrogen (secondary N) is 1. The summed E-state index contributed by atoms with van der Waals surface area (Å²) in [6, 6.07) is 7.14. The minimum Gasteiger partial charge on any atom is -0.306 e. The maximum atomic E-state index is 14.1. The van der Waals surface area contributed by atoms with Crippen molar-refractivity contribution in [3.05, 3.63) is 55.9 Å². The van der Waals surface area contributed by atoms with Crippen LogP contribution in [-0.4, -0.2) is 6.54 Å². The molecule has 0 bridgehead atoms. The number of hydrogen-bond donors (Lipinski definition) is 1. The SMILES string of the molecule is CCCNC(c1csc(C)c1)c1cc(Br)ccc1F. The average Bonchev–Trinajstić information content (AvgIpc) is 2.80. The quantitative estimate of drug-likeness (QED) is 0.802. The van der Waals surface area contributed by atoms with Crippen LogP contribution in [0.4, 0.5) is 4.39 Å². The molecule has 4 heteroatoms. The lowest BCUT2D eigenvalue weighted by Gasteiger charge is -2.19. The molecule has 0 saturated heterocycles. The van der Waals surface area contributed by atoms with E-state index in [1.807, 2.05) is 6.07 Å². The first kappa shape index (κ1) is 14.7. The Kier molecular flexibility index (Phi) is 5.13. The Morgan fingerprint density at radius 1 is 1.37 bits per heavy atom. The van der Waals surface area contributed by atoms with Crippen LogP contribution in [0, 0.1) is 12.7 Å². The molecule has 1 N–H and O–H groups in total. The van der Waals surface area contributed by atoms with Crippen LogP contribution >= 0.6 is 27.3 Å². The maximum absolute atomic E-state index is 14.1. The highest BCUT2D eigenvalue weighted by atomic mass is 79.9. The van der Waals surface area contributed by atoms with E-state index in [4.69, 9.17) is 0 Å². The summed E-state index contributed by atoms with van der Waals surface area (Å²) in [6.07, 6.45) is 1.02. The van der Waals surface area contributed by atoms with E-state index in [1.165, 1.54) is 10.9 Å². The van der Waals surface area contributed by atoms with Crippen molar-refractivity contribution in [1.29, 1.82) is 0 Å². The molecule has 0 spiro atoms. The van der Waals surface area contributed by atoms with E-state index in [-0.39, 0.29) is 11.9 Å². The van der Waals surface area contributed by atoms with Crippen LogP contribution in [0.1, 0.15) is 35.4 Å². The van der Waals surface area contributed by atoms with E-state index in [9.17, 15) is 4.39 Å². The fourth-order valence-corrected chi connectivity index (χ4v) is 3.16. The van der Waals surface area contributed by atoms with Crippen molar-refractivity contribution >= 4 is 27.3 Å². The van der Waals surface area contributed by atoms with Crippen molar-refractivity contribution in [2.24, 2.45) is 0 Å². The monoisotopic (exact) mass is 341 g/mol. The summed E-state index contributed by atoms with van der Waals surface area (Å²) in [5, 5.41) is 5.53. The Labute approximate surface area is 126 Å². The van der Waals surface area contributed by atoms with Gasteiger partial charge in [-0.05, 0) is 55.1 Å². The zero-order valence-corrected chi connectivity index (χ0v) is 13.4. The Balaban J connectivity index is 2.39. The highest BCUT2D eigenvalue weighted by molar-refractivity contribution is 9.10. The lowest BCUT2D eigenvalue weighted by molar-refractivity contribution is 0.547. The first-order valence-electron chi connectivity index (χ1n) is 6.35. The second-order valence-corrected chi connectivity index (χ2v) is 6.57. The molecule has 0 aliphatic rings. The maximum Gasteiger partial charge on any atom is 0.128 e. The van der Waals surface area contributed by atoms with Crippen molar-refractivity contribution in [2.75, 3.05) is 6.54 Å². The van der Waals surface area contributed by atoms with E-state index in [0.29, 0.717) is 5.56 Å². The Morgan fingerprint density at radius 3 is 2.79 bits per heavy atom. The molecule has 0 fully saturated rings. The smallest absolute Gasteiger partial charge is 0.128 e. The fourth-order valence-electron chi connectivity index (χ4n) is 2.05. The molecular formula is C15H17BrFNS. The van der Waals surface area contributed by atoms with Crippen LogP contribution < -0.4 is 5.32 Å². The molecule has 1 aromatic carbocycles. The fraction of sp³-hybridized carbons (Fsp3) is 0.333. The first-order chi connectivity index (χ1) is 9.11. The van der Waals surface area contributed by atoms with Gasteiger partial charge >= 0.3 is 0 Å². The minimum atomic E-state index is -0.166. The van der Waals surface area contributed by atoms with Crippen molar-refractivity contribution in [2.45, 2.75) is 26.3 Å². The molecule has 102 valence electrons. The molecule has 1 heterocycles. The summed E-state index contributed by atoms with van der Waals surface area (Å²) in [7, 11) is 0. The second kappa shape index (κ2) is 6.64. The molecular weight excluding hydrogens is 325 g/mol. The predicted octanol–water partition coefficient (Wildman–Crippen LogP) is 5.05. The lowest BCUT2D eigenvalue weighted by Crippen LogP contribution is -2.23. The van der Waals surface area contributed by atoms with E-state index in [0.717, 1.165) is 23.0 Å². The molecule has 2 rings (SSSR count). The summed E-state index contributed by atoms with van der Waals surface area (Å²) < 4.78 is 15.0. The van der Waals surface area contributed by atoms with Crippen molar-refractivity contribution in [3.8, 4) is 0 Å². The van der Waals surface area contributed by atoms with Crippen LogP contribution in [0.3, 0.4) is 0 Å². The summed E-state index contributed by atoms with van der Waals surface area (Å²) >= 11 is 5.12. The summed E-state index contributed by atoms with van der Waals surface area (Å²) in [5.74, 6) is -0.166. The number of hydrogen-bond acceptors (Lipinski definition) is 2. The minimum absolute atomic E-state index is 0.0811. The van der Waals surface area contributed by atoms with Gasteiger partial charge in [0, 0.05) is 14.9 Å². The van der Waals surface area contributed by atoms with Crippen LogP contribution in [0.15, 0.2) is 34.1 Å². The van der Waals surface area contributed by atoms with Gasteiger partial charge in [0.15, 0.2) is 0 Å². The van der Waals surface area contributed by atoms with E-state index in [2.05, 4.69) is 46.5 Å². The standard InChI is InChI=1S/C15H17BrFNS/c1-3-6-18-15(11-7-10(2)19-9-11)13-8-12(16)4-5-14(13)17/h4-5,7-9,15,18H,3,6H2,1-2H3. The Hall–Kier alpha value is -0.710. The molecule has 1 nitrogen and oxygen atoms in total. The highest BCUT2D eigenvalue weighted by Crippen LogP contribution is 2.29. The average molecular weight is 342 g/mol. The largest absolute Gasteiger partial charge is 0.306 e. The summed E-state index contributed by atoms with van der Waals surface area (Å²) in [6.45, 7) is 5.05. The van der Waals surface area contributed by atoms with Gasteiger partial charge in [-0.25, -0.2) is 4.39 Å². The van der Waals surface area contributed by atoms with Crippen LogP contribution in [-0.2, 0) is 0 Å². The topological polar surface area (TPSA) is 12.0 Å². The van der Waals surface area contributed by atoms with Gasteiger partial charge in [-0.15, -0.1) is 11.3 Å². The lowest BCUT2D eigenvalue weighted by atomic mass is 10.00. The second-order valence-electron chi connectivity index (χ2n) is 4.54. The van der Waals surface area contributed by atoms with Gasteiger partial charge in [-0.3, -0.25) is 0 Å². The number of rotatable bonds is 5. The molecule has 2 aromatic rings. The molecule has 0 radical (unpaired) electrons. The molecule has 1 atom stereocenters. The molecule has 0 aliphatic carbocycles. The van der Waals surface area contributed by atoms with Crippen molar-refractivity contribution < 1.29 is 4.39 Å². The van der Waals surface area contributed by atoms with Gasteiger partial charge in [0.1, 0.15) is 5.82 Å². The van der Waals surface area contributed by atoms with E-state index in [1.54, 1.807) is 17.4 Å². The third kappa shape index (κ3) is 3.65. The van der Waals surface area contributed by atoms with Crippen LogP contribution in [0.2, 0.25) is 0 Å². The number of thiophene rings is 1. The molecule has 1 aromatic heterocycles. The van der Waals surface area contributed by atoms with Crippen molar-refractivity contribution in [3.63, 3.8) is 0 Å². The highest BCUT2D eigenvalue weighted by Gasteiger charge is 2.18. The van der Waals surface area contributed by atoms with Gasteiger partial charge < -0.3 is 5.32 Å². The Morgan fingerprint density at radius 2 is 2.16 bits per heavy atom. The molecule has 0 saturated carbocycles. The summed E-state index contributed by atoms with van der Waals surface area (Å²) in [4.78, 5) is 1.24. The third-order valence-corrected chi connectivity index (χ3v) is 4.32. The molecule has 0 aliphatic heterocycles. The number of benzene rings is 1. The predicted molar refractivity (Wildman–Crippen MR) is 83.3 cm³/mol. The van der Waals surface area contributed by atoms with E-state index < -0.39 is 0 Å². The number of aryl methyl sites for hydroxylation is 1. The number of halogens is 2. The van der Waals surface area contributed by atoms with Gasteiger partial charge in [0.25, 0.3) is 0 Å². The van der Waals surface area contributed by atoms with Gasteiger partial charge in [-0.1, -0.05) is 22.9 Å². The van der Waals surface area contributed by atoms with E-state index >= 15 is 0 Å². The van der Waals surface area contributed by atoms with Crippen molar-refractivity contribution in [1.82, 2.24) is 5.32 Å². The molecule has 0 amide bonds. The van der Waals surface area contributed by atoms with Crippen LogP contribution in [0.25, 0.3) is 0 Å².